The lowest BCUT2D eigenvalue weighted by atomic mass is 9.82. The Hall–Kier alpha value is -0.970. The number of nitrogens with one attached hydrogen (secondary N) is 1. The van der Waals surface area contributed by atoms with Gasteiger partial charge in [0.25, 0.3) is 0 Å². The Morgan fingerprint density at radius 3 is 2.53 bits per heavy atom. The second kappa shape index (κ2) is 5.58. The molecule has 1 aliphatic carbocycles. The molecule has 0 spiro atoms. The molecule has 1 unspecified atom stereocenters. The van der Waals surface area contributed by atoms with Gasteiger partial charge in [0.2, 0.25) is 5.91 Å². The third kappa shape index (κ3) is 3.03. The Balaban J connectivity index is 1.96. The summed E-state index contributed by atoms with van der Waals surface area (Å²) >= 11 is 1.83. The highest BCUT2D eigenvalue weighted by Gasteiger charge is 2.34. The Morgan fingerprint density at radius 2 is 1.94 bits per heavy atom. The summed E-state index contributed by atoms with van der Waals surface area (Å²) in [6.07, 6.45) is 5.77. The van der Waals surface area contributed by atoms with Gasteiger partial charge in [0, 0.05) is 11.8 Å². The molecule has 5 heteroatoms. The number of aliphatic carboxylic acids is 1. The molecule has 1 heterocycles. The summed E-state index contributed by atoms with van der Waals surface area (Å²) in [5.41, 5.74) is 0. The summed E-state index contributed by atoms with van der Waals surface area (Å²) in [5, 5.41) is 12.1. The zero-order valence-corrected chi connectivity index (χ0v) is 10.4. The summed E-state index contributed by atoms with van der Waals surface area (Å²) < 4.78 is 0. The van der Waals surface area contributed by atoms with Crippen LogP contribution in [-0.4, -0.2) is 34.5 Å². The molecule has 3 atom stereocenters. The largest absolute Gasteiger partial charge is 0.481 e. The van der Waals surface area contributed by atoms with Crippen molar-refractivity contribution in [2.45, 2.75) is 25.3 Å². The topological polar surface area (TPSA) is 66.4 Å². The highest BCUT2D eigenvalue weighted by atomic mass is 32.2. The molecule has 1 fully saturated rings. The van der Waals surface area contributed by atoms with Gasteiger partial charge in [-0.1, -0.05) is 12.2 Å². The maximum atomic E-state index is 12.1. The van der Waals surface area contributed by atoms with Gasteiger partial charge in [-0.3, -0.25) is 9.59 Å². The summed E-state index contributed by atoms with van der Waals surface area (Å²) in [6, 6.07) is 0.229. The minimum atomic E-state index is -0.865. The molecule has 2 rings (SSSR count). The van der Waals surface area contributed by atoms with Crippen LogP contribution in [0.25, 0.3) is 0 Å². The van der Waals surface area contributed by atoms with Crippen LogP contribution in [-0.2, 0) is 9.59 Å². The van der Waals surface area contributed by atoms with Crippen LogP contribution in [0.5, 0.6) is 0 Å². The first kappa shape index (κ1) is 12.5. The molecule has 1 amide bonds. The lowest BCUT2D eigenvalue weighted by Crippen LogP contribution is -2.43. The van der Waals surface area contributed by atoms with Crippen molar-refractivity contribution < 1.29 is 14.7 Å². The number of carboxylic acid groups (broad SMARTS) is 1. The van der Waals surface area contributed by atoms with Gasteiger partial charge in [0.1, 0.15) is 0 Å². The molecule has 0 aromatic rings. The number of allylic oxidation sites excluding steroid dienone is 2. The molecule has 94 valence electrons. The van der Waals surface area contributed by atoms with E-state index in [0.717, 1.165) is 17.9 Å². The number of carbonyl (C=O) groups excluding carboxylic acids is 1. The number of amides is 1. The molecule has 2 N–H and O–H groups in total. The van der Waals surface area contributed by atoms with E-state index in [9.17, 15) is 9.59 Å². The van der Waals surface area contributed by atoms with E-state index in [1.807, 2.05) is 23.9 Å². The van der Waals surface area contributed by atoms with Gasteiger partial charge in [0.15, 0.2) is 0 Å². The quantitative estimate of drug-likeness (QED) is 0.745. The van der Waals surface area contributed by atoms with Gasteiger partial charge in [-0.15, -0.1) is 0 Å². The molecule has 17 heavy (non-hydrogen) atoms. The normalized spacial score (nSPS) is 32.4. The fourth-order valence-corrected chi connectivity index (χ4v) is 3.49. The summed E-state index contributed by atoms with van der Waals surface area (Å²) in [4.78, 5) is 23.1. The van der Waals surface area contributed by atoms with E-state index >= 15 is 0 Å². The highest BCUT2D eigenvalue weighted by Crippen LogP contribution is 2.27. The first-order chi connectivity index (χ1) is 8.18. The Bertz CT molecular complexity index is 337. The summed E-state index contributed by atoms with van der Waals surface area (Å²) in [7, 11) is 0. The molecule has 2 aliphatic rings. The zero-order chi connectivity index (χ0) is 12.3. The number of rotatable bonds is 3. The molecule has 4 nitrogen and oxygen atoms in total. The molecular formula is C12H17NO3S. The van der Waals surface area contributed by atoms with E-state index in [1.165, 1.54) is 0 Å². The third-order valence-electron chi connectivity index (χ3n) is 3.36. The molecule has 1 aliphatic heterocycles. The predicted molar refractivity (Wildman–Crippen MR) is 66.9 cm³/mol. The molecule has 0 saturated carbocycles. The number of thioether (sulfide) groups is 1. The maximum Gasteiger partial charge on any atom is 0.307 e. The van der Waals surface area contributed by atoms with Gasteiger partial charge in [-0.25, -0.2) is 0 Å². The van der Waals surface area contributed by atoms with E-state index in [-0.39, 0.29) is 11.9 Å². The number of hydrogen-bond acceptors (Lipinski definition) is 3. The van der Waals surface area contributed by atoms with Crippen molar-refractivity contribution in [2.24, 2.45) is 11.8 Å². The number of hydrogen-bond donors (Lipinski definition) is 2. The zero-order valence-electron chi connectivity index (χ0n) is 9.59. The fourth-order valence-electron chi connectivity index (χ4n) is 2.33. The Labute approximate surface area is 105 Å². The minimum absolute atomic E-state index is 0.0887. The van der Waals surface area contributed by atoms with Crippen LogP contribution >= 0.6 is 11.8 Å². The Morgan fingerprint density at radius 1 is 1.24 bits per heavy atom. The first-order valence-electron chi connectivity index (χ1n) is 5.94. The van der Waals surface area contributed by atoms with Crippen molar-refractivity contribution >= 4 is 23.6 Å². The second-order valence-corrected chi connectivity index (χ2v) is 5.71. The van der Waals surface area contributed by atoms with Crippen LogP contribution in [0.15, 0.2) is 12.2 Å². The average molecular weight is 255 g/mol. The minimum Gasteiger partial charge on any atom is -0.481 e. The molecule has 0 bridgehead atoms. The van der Waals surface area contributed by atoms with Gasteiger partial charge in [-0.05, 0) is 25.0 Å². The van der Waals surface area contributed by atoms with Crippen LogP contribution in [0.1, 0.15) is 19.3 Å². The number of carbonyl (C=O) groups is 2. The van der Waals surface area contributed by atoms with Crippen molar-refractivity contribution in [3.8, 4) is 0 Å². The first-order valence-corrected chi connectivity index (χ1v) is 7.10. The van der Waals surface area contributed by atoms with Crippen LogP contribution in [0.4, 0.5) is 0 Å². The number of carboxylic acids is 1. The SMILES string of the molecule is O=C(O)[C@H]1CC=CC[C@H]1C(=O)NC1CCSC1. The molecule has 0 aromatic heterocycles. The van der Waals surface area contributed by atoms with Crippen LogP contribution in [0.2, 0.25) is 0 Å². The fraction of sp³-hybridized carbons (Fsp3) is 0.667. The standard InChI is InChI=1S/C12H17NO3S/c14-11(13-8-5-6-17-7-8)9-3-1-2-4-10(9)12(15)16/h1-2,8-10H,3-7H2,(H,13,14)(H,15,16)/t8?,9-,10+/m1/s1. The van der Waals surface area contributed by atoms with E-state index in [1.54, 1.807) is 0 Å². The van der Waals surface area contributed by atoms with Crippen molar-refractivity contribution in [3.63, 3.8) is 0 Å². The average Bonchev–Trinajstić information content (AvgIpc) is 2.81. The molecule has 1 saturated heterocycles. The highest BCUT2D eigenvalue weighted by molar-refractivity contribution is 7.99. The lowest BCUT2D eigenvalue weighted by molar-refractivity contribution is -0.147. The predicted octanol–water partition coefficient (Wildman–Crippen LogP) is 1.28. The molecular weight excluding hydrogens is 238 g/mol. The van der Waals surface area contributed by atoms with E-state index in [4.69, 9.17) is 5.11 Å². The van der Waals surface area contributed by atoms with Crippen molar-refractivity contribution in [1.29, 1.82) is 0 Å². The van der Waals surface area contributed by atoms with Crippen molar-refractivity contribution in [3.05, 3.63) is 12.2 Å². The van der Waals surface area contributed by atoms with E-state index < -0.39 is 17.8 Å². The monoisotopic (exact) mass is 255 g/mol. The van der Waals surface area contributed by atoms with Crippen molar-refractivity contribution in [1.82, 2.24) is 5.32 Å². The molecule has 0 aromatic carbocycles. The summed E-state index contributed by atoms with van der Waals surface area (Å²) in [6.45, 7) is 0. The van der Waals surface area contributed by atoms with Gasteiger partial charge in [0.05, 0.1) is 11.8 Å². The van der Waals surface area contributed by atoms with Gasteiger partial charge < -0.3 is 10.4 Å². The van der Waals surface area contributed by atoms with Gasteiger partial charge >= 0.3 is 5.97 Å². The van der Waals surface area contributed by atoms with E-state index in [2.05, 4.69) is 5.32 Å². The van der Waals surface area contributed by atoms with Crippen molar-refractivity contribution in [2.75, 3.05) is 11.5 Å². The van der Waals surface area contributed by atoms with Crippen LogP contribution in [0.3, 0.4) is 0 Å². The maximum absolute atomic E-state index is 12.1. The third-order valence-corrected chi connectivity index (χ3v) is 4.52. The van der Waals surface area contributed by atoms with E-state index in [0.29, 0.717) is 12.8 Å². The molecule has 0 radical (unpaired) electrons. The lowest BCUT2D eigenvalue weighted by Gasteiger charge is -2.25. The summed E-state index contributed by atoms with van der Waals surface area (Å²) in [5.74, 6) is 0.117. The second-order valence-electron chi connectivity index (χ2n) is 4.56. The van der Waals surface area contributed by atoms with Crippen LogP contribution in [0, 0.1) is 11.8 Å². The van der Waals surface area contributed by atoms with Gasteiger partial charge in [-0.2, -0.15) is 11.8 Å². The van der Waals surface area contributed by atoms with Crippen LogP contribution < -0.4 is 5.32 Å². The Kier molecular flexibility index (Phi) is 4.10. The smallest absolute Gasteiger partial charge is 0.307 e.